The molecule has 0 radical (unpaired) electrons. The number of ether oxygens (including phenoxy) is 1. The number of hydrogen-bond donors (Lipinski definition) is 2. The first-order valence-electron chi connectivity index (χ1n) is 8.95. The summed E-state index contributed by atoms with van der Waals surface area (Å²) in [5.41, 5.74) is 1.99. The third-order valence-electron chi connectivity index (χ3n) is 4.29. The van der Waals surface area contributed by atoms with Gasteiger partial charge in [-0.1, -0.05) is 23.7 Å². The summed E-state index contributed by atoms with van der Waals surface area (Å²) in [6, 6.07) is 14.8. The van der Waals surface area contributed by atoms with E-state index in [9.17, 15) is 4.79 Å². The van der Waals surface area contributed by atoms with Crippen LogP contribution in [0.2, 0.25) is 5.02 Å². The Morgan fingerprint density at radius 2 is 1.78 bits per heavy atom. The molecule has 5 nitrogen and oxygen atoms in total. The molecule has 0 atom stereocenters. The second kappa shape index (κ2) is 9.58. The van der Waals surface area contributed by atoms with Crippen LogP contribution in [0.1, 0.15) is 19.3 Å². The highest BCUT2D eigenvalue weighted by Gasteiger charge is 2.15. The smallest absolute Gasteiger partial charge is 0.264 e. The predicted octanol–water partition coefficient (Wildman–Crippen LogP) is 4.22. The van der Waals surface area contributed by atoms with Crippen molar-refractivity contribution < 1.29 is 9.53 Å². The molecule has 27 heavy (non-hydrogen) atoms. The number of anilines is 2. The maximum atomic E-state index is 12.1. The van der Waals surface area contributed by atoms with Crippen LogP contribution in [0.3, 0.4) is 0 Å². The van der Waals surface area contributed by atoms with Gasteiger partial charge in [0, 0.05) is 18.1 Å². The standard InChI is InChI=1S/C20H22ClN3O2S/c21-15-8-10-16(11-9-15)26-14-19(25)23-20(27)22-17-6-2-3-7-18(17)24-12-4-1-5-13-24/h2-3,6-11H,1,4-5,12-14H2,(H2,22,23,25,27). The molecule has 1 aliphatic heterocycles. The van der Waals surface area contributed by atoms with E-state index < -0.39 is 0 Å². The van der Waals surface area contributed by atoms with Gasteiger partial charge in [-0.2, -0.15) is 0 Å². The van der Waals surface area contributed by atoms with Gasteiger partial charge in [-0.3, -0.25) is 10.1 Å². The van der Waals surface area contributed by atoms with E-state index >= 15 is 0 Å². The molecule has 0 saturated carbocycles. The van der Waals surface area contributed by atoms with Gasteiger partial charge in [0.2, 0.25) is 0 Å². The van der Waals surface area contributed by atoms with Crippen molar-refractivity contribution >= 4 is 46.2 Å². The monoisotopic (exact) mass is 403 g/mol. The summed E-state index contributed by atoms with van der Waals surface area (Å²) >= 11 is 11.1. The first-order valence-corrected chi connectivity index (χ1v) is 9.73. The molecular weight excluding hydrogens is 382 g/mol. The van der Waals surface area contributed by atoms with Crippen LogP contribution < -0.4 is 20.3 Å². The minimum atomic E-state index is -0.321. The first-order chi connectivity index (χ1) is 13.1. The fourth-order valence-corrected chi connectivity index (χ4v) is 3.34. The van der Waals surface area contributed by atoms with E-state index in [1.807, 2.05) is 18.2 Å². The first kappa shape index (κ1) is 19.5. The second-order valence-corrected chi connectivity index (χ2v) is 7.15. The van der Waals surface area contributed by atoms with Crippen molar-refractivity contribution in [3.05, 3.63) is 53.6 Å². The SMILES string of the molecule is O=C(COc1ccc(Cl)cc1)NC(=S)Nc1ccccc1N1CCCCC1. The van der Waals surface area contributed by atoms with Gasteiger partial charge in [-0.05, 0) is 67.9 Å². The van der Waals surface area contributed by atoms with Crippen molar-refractivity contribution in [1.29, 1.82) is 0 Å². The Labute approximate surface area is 169 Å². The summed E-state index contributed by atoms with van der Waals surface area (Å²) in [5, 5.41) is 6.65. The van der Waals surface area contributed by atoms with Crippen LogP contribution in [0.15, 0.2) is 48.5 Å². The molecule has 0 aromatic heterocycles. The van der Waals surface area contributed by atoms with Gasteiger partial charge in [-0.25, -0.2) is 0 Å². The number of nitrogens with one attached hydrogen (secondary N) is 2. The molecule has 2 aromatic carbocycles. The summed E-state index contributed by atoms with van der Waals surface area (Å²) in [5.74, 6) is 0.252. The Bertz CT molecular complexity index is 792. The number of carbonyl (C=O) groups is 1. The van der Waals surface area contributed by atoms with E-state index in [2.05, 4.69) is 21.6 Å². The van der Waals surface area contributed by atoms with Crippen molar-refractivity contribution in [2.24, 2.45) is 0 Å². The number of piperidine rings is 1. The van der Waals surface area contributed by atoms with Crippen molar-refractivity contribution in [1.82, 2.24) is 5.32 Å². The largest absolute Gasteiger partial charge is 0.484 e. The topological polar surface area (TPSA) is 53.6 Å². The zero-order valence-electron chi connectivity index (χ0n) is 14.9. The Kier molecular flexibility index (Phi) is 6.90. The summed E-state index contributed by atoms with van der Waals surface area (Å²) < 4.78 is 5.43. The second-order valence-electron chi connectivity index (χ2n) is 6.31. The molecule has 2 N–H and O–H groups in total. The Balaban J connectivity index is 1.53. The maximum Gasteiger partial charge on any atom is 0.264 e. The van der Waals surface area contributed by atoms with Crippen molar-refractivity contribution in [3.63, 3.8) is 0 Å². The summed E-state index contributed by atoms with van der Waals surface area (Å²) in [7, 11) is 0. The number of para-hydroxylation sites is 2. The number of rotatable bonds is 5. The lowest BCUT2D eigenvalue weighted by Crippen LogP contribution is -2.38. The fourth-order valence-electron chi connectivity index (χ4n) is 2.99. The van der Waals surface area contributed by atoms with Gasteiger partial charge in [0.15, 0.2) is 11.7 Å². The van der Waals surface area contributed by atoms with E-state index in [0.29, 0.717) is 10.8 Å². The molecule has 142 valence electrons. The van der Waals surface area contributed by atoms with Crippen LogP contribution in [0.5, 0.6) is 5.75 Å². The van der Waals surface area contributed by atoms with E-state index in [1.165, 1.54) is 19.3 Å². The molecule has 7 heteroatoms. The van der Waals surface area contributed by atoms with Gasteiger partial charge in [-0.15, -0.1) is 0 Å². The van der Waals surface area contributed by atoms with Crippen LogP contribution in [-0.2, 0) is 4.79 Å². The van der Waals surface area contributed by atoms with Crippen LogP contribution in [0.4, 0.5) is 11.4 Å². The Morgan fingerprint density at radius 3 is 2.52 bits per heavy atom. The zero-order valence-corrected chi connectivity index (χ0v) is 16.5. The van der Waals surface area contributed by atoms with Gasteiger partial charge in [0.1, 0.15) is 5.75 Å². The summed E-state index contributed by atoms with van der Waals surface area (Å²) in [6.07, 6.45) is 3.66. The molecule has 2 aromatic rings. The van der Waals surface area contributed by atoms with Crippen LogP contribution in [0.25, 0.3) is 0 Å². The van der Waals surface area contributed by atoms with Crippen molar-refractivity contribution in [3.8, 4) is 5.75 Å². The number of benzene rings is 2. The van der Waals surface area contributed by atoms with Gasteiger partial charge in [0.05, 0.1) is 11.4 Å². The van der Waals surface area contributed by atoms with Crippen molar-refractivity contribution in [2.75, 3.05) is 29.9 Å². The highest BCUT2D eigenvalue weighted by molar-refractivity contribution is 7.80. The molecule has 1 heterocycles. The Morgan fingerprint density at radius 1 is 1.07 bits per heavy atom. The average molecular weight is 404 g/mol. The lowest BCUT2D eigenvalue weighted by atomic mass is 10.1. The highest BCUT2D eigenvalue weighted by atomic mass is 35.5. The summed E-state index contributed by atoms with van der Waals surface area (Å²) in [4.78, 5) is 14.4. The molecule has 1 amide bonds. The molecule has 3 rings (SSSR count). The molecule has 0 spiro atoms. The van der Waals surface area contributed by atoms with Gasteiger partial charge >= 0.3 is 0 Å². The molecule has 1 aliphatic rings. The molecule has 0 bridgehead atoms. The molecule has 1 saturated heterocycles. The Hall–Kier alpha value is -2.31. The lowest BCUT2D eigenvalue weighted by molar-refractivity contribution is -0.121. The number of nitrogens with zero attached hydrogens (tertiary/aromatic N) is 1. The minimum Gasteiger partial charge on any atom is -0.484 e. The number of hydrogen-bond acceptors (Lipinski definition) is 4. The van der Waals surface area contributed by atoms with E-state index in [1.54, 1.807) is 24.3 Å². The quantitative estimate of drug-likeness (QED) is 0.732. The molecule has 0 aliphatic carbocycles. The number of halogens is 1. The van der Waals surface area contributed by atoms with Crippen LogP contribution in [0, 0.1) is 0 Å². The van der Waals surface area contributed by atoms with Gasteiger partial charge in [0.25, 0.3) is 5.91 Å². The molecular formula is C20H22ClN3O2S. The number of amides is 1. The van der Waals surface area contributed by atoms with Gasteiger partial charge < -0.3 is 15.0 Å². The normalized spacial score (nSPS) is 13.7. The van der Waals surface area contributed by atoms with E-state index in [0.717, 1.165) is 24.5 Å². The third-order valence-corrected chi connectivity index (χ3v) is 4.74. The lowest BCUT2D eigenvalue weighted by Gasteiger charge is -2.30. The van der Waals surface area contributed by atoms with E-state index in [4.69, 9.17) is 28.6 Å². The third kappa shape index (κ3) is 5.84. The molecule has 0 unspecified atom stereocenters. The predicted molar refractivity (Wildman–Crippen MR) is 114 cm³/mol. The number of thiocarbonyl (C=S) groups is 1. The van der Waals surface area contributed by atoms with E-state index in [-0.39, 0.29) is 17.6 Å². The molecule has 1 fully saturated rings. The maximum absolute atomic E-state index is 12.1. The average Bonchev–Trinajstić information content (AvgIpc) is 2.68. The zero-order chi connectivity index (χ0) is 19.1. The van der Waals surface area contributed by atoms with Crippen LogP contribution >= 0.6 is 23.8 Å². The minimum absolute atomic E-state index is 0.128. The fraction of sp³-hybridized carbons (Fsp3) is 0.300. The van der Waals surface area contributed by atoms with Crippen LogP contribution in [-0.4, -0.2) is 30.7 Å². The summed E-state index contributed by atoms with van der Waals surface area (Å²) in [6.45, 7) is 1.94. The highest BCUT2D eigenvalue weighted by Crippen LogP contribution is 2.28. The van der Waals surface area contributed by atoms with Crippen molar-refractivity contribution in [2.45, 2.75) is 19.3 Å². The number of carbonyl (C=O) groups excluding carboxylic acids is 1.